The largest absolute Gasteiger partial charge is 0.444 e. The third-order valence-corrected chi connectivity index (χ3v) is 5.35. The summed E-state index contributed by atoms with van der Waals surface area (Å²) in [7, 11) is 0. The quantitative estimate of drug-likeness (QED) is 0.698. The first kappa shape index (κ1) is 24.5. The molecule has 0 unspecified atom stereocenters. The highest BCUT2D eigenvalue weighted by atomic mass is 16.6. The molecule has 2 aromatic rings. The van der Waals surface area contributed by atoms with Crippen molar-refractivity contribution in [1.82, 2.24) is 15.1 Å². The monoisotopic (exact) mass is 454 g/mol. The van der Waals surface area contributed by atoms with Crippen LogP contribution in [0, 0.1) is 0 Å². The molecule has 0 aliphatic carbocycles. The van der Waals surface area contributed by atoms with E-state index in [0.717, 1.165) is 17.2 Å². The van der Waals surface area contributed by atoms with Crippen LogP contribution in [0.4, 0.5) is 10.5 Å². The van der Waals surface area contributed by atoms with Crippen LogP contribution in [0.1, 0.15) is 44.5 Å². The van der Waals surface area contributed by atoms with E-state index in [0.29, 0.717) is 50.5 Å². The summed E-state index contributed by atoms with van der Waals surface area (Å²) in [5.74, 6) is -0.142. The van der Waals surface area contributed by atoms with Gasteiger partial charge in [0, 0.05) is 32.7 Å². The van der Waals surface area contributed by atoms with Crippen molar-refractivity contribution in [3.63, 3.8) is 0 Å². The predicted octanol–water partition coefficient (Wildman–Crippen LogP) is 3.47. The normalized spacial score (nSPS) is 14.7. The van der Waals surface area contributed by atoms with Crippen LogP contribution in [0.15, 0.2) is 36.4 Å². The standard InChI is InChI=1S/C25H34N4O4/c1-5-10-26-22(30)17-28-11-13-29(14-12-28)23(31)20-15-18-8-6-7-9-19(18)16-21(20)27-24(32)33-25(2,3)4/h6-9,15-16H,5,10-14,17H2,1-4H3,(H,26,30)(H,27,32). The molecule has 0 saturated carbocycles. The van der Waals surface area contributed by atoms with Crippen molar-refractivity contribution in [3.05, 3.63) is 42.0 Å². The molecule has 1 aliphatic rings. The average Bonchev–Trinajstić information content (AvgIpc) is 2.76. The Hall–Kier alpha value is -3.13. The summed E-state index contributed by atoms with van der Waals surface area (Å²) >= 11 is 0. The second kappa shape index (κ2) is 10.7. The Morgan fingerprint density at radius 2 is 1.64 bits per heavy atom. The topological polar surface area (TPSA) is 91.0 Å². The number of fused-ring (bicyclic) bond motifs is 1. The Balaban J connectivity index is 1.74. The van der Waals surface area contributed by atoms with Gasteiger partial charge in [0.25, 0.3) is 5.91 Å². The smallest absolute Gasteiger partial charge is 0.412 e. The van der Waals surface area contributed by atoms with Gasteiger partial charge < -0.3 is 15.0 Å². The number of benzene rings is 2. The van der Waals surface area contributed by atoms with E-state index >= 15 is 0 Å². The molecule has 8 nitrogen and oxygen atoms in total. The maximum Gasteiger partial charge on any atom is 0.412 e. The highest BCUT2D eigenvalue weighted by molar-refractivity contribution is 6.07. The second-order valence-electron chi connectivity index (χ2n) is 9.29. The van der Waals surface area contributed by atoms with Crippen LogP contribution in [0.5, 0.6) is 0 Å². The third-order valence-electron chi connectivity index (χ3n) is 5.35. The summed E-state index contributed by atoms with van der Waals surface area (Å²) in [4.78, 5) is 41.7. The van der Waals surface area contributed by atoms with Crippen molar-refractivity contribution in [1.29, 1.82) is 0 Å². The van der Waals surface area contributed by atoms with Gasteiger partial charge in [0.2, 0.25) is 5.91 Å². The lowest BCUT2D eigenvalue weighted by Crippen LogP contribution is -2.51. The van der Waals surface area contributed by atoms with Gasteiger partial charge in [-0.2, -0.15) is 0 Å². The van der Waals surface area contributed by atoms with Crippen molar-refractivity contribution in [3.8, 4) is 0 Å². The molecule has 178 valence electrons. The number of rotatable bonds is 6. The van der Waals surface area contributed by atoms with E-state index in [2.05, 4.69) is 15.5 Å². The number of piperazine rings is 1. The number of amides is 3. The molecule has 0 radical (unpaired) electrons. The number of carbonyl (C=O) groups excluding carboxylic acids is 3. The van der Waals surface area contributed by atoms with Gasteiger partial charge in [-0.3, -0.25) is 19.8 Å². The second-order valence-corrected chi connectivity index (χ2v) is 9.29. The zero-order chi connectivity index (χ0) is 24.0. The number of ether oxygens (including phenoxy) is 1. The number of hydrogen-bond acceptors (Lipinski definition) is 5. The molecule has 0 bridgehead atoms. The Labute approximate surface area is 195 Å². The van der Waals surface area contributed by atoms with Crippen LogP contribution >= 0.6 is 0 Å². The highest BCUT2D eigenvalue weighted by Crippen LogP contribution is 2.26. The van der Waals surface area contributed by atoms with E-state index in [1.165, 1.54) is 0 Å². The van der Waals surface area contributed by atoms with Crippen molar-refractivity contribution in [2.45, 2.75) is 39.7 Å². The van der Waals surface area contributed by atoms with Crippen molar-refractivity contribution >= 4 is 34.4 Å². The summed E-state index contributed by atoms with van der Waals surface area (Å²) < 4.78 is 5.39. The Morgan fingerprint density at radius 1 is 1.00 bits per heavy atom. The summed E-state index contributed by atoms with van der Waals surface area (Å²) in [5, 5.41) is 7.48. The molecule has 1 aliphatic heterocycles. The molecular weight excluding hydrogens is 420 g/mol. The number of hydrogen-bond donors (Lipinski definition) is 2. The van der Waals surface area contributed by atoms with Crippen molar-refractivity contribution in [2.24, 2.45) is 0 Å². The van der Waals surface area contributed by atoms with Gasteiger partial charge in [0.15, 0.2) is 0 Å². The third kappa shape index (κ3) is 6.92. The molecule has 1 fully saturated rings. The SMILES string of the molecule is CCCNC(=O)CN1CCN(C(=O)c2cc3ccccc3cc2NC(=O)OC(C)(C)C)CC1. The lowest BCUT2D eigenvalue weighted by molar-refractivity contribution is -0.122. The molecule has 1 heterocycles. The Kier molecular flexibility index (Phi) is 7.92. The molecule has 8 heteroatoms. The van der Waals surface area contributed by atoms with Crippen molar-refractivity contribution < 1.29 is 19.1 Å². The van der Waals surface area contributed by atoms with Gasteiger partial charge in [-0.1, -0.05) is 31.2 Å². The number of nitrogens with one attached hydrogen (secondary N) is 2. The van der Waals surface area contributed by atoms with Gasteiger partial charge in [-0.25, -0.2) is 4.79 Å². The first-order chi connectivity index (χ1) is 15.7. The van der Waals surface area contributed by atoms with Crippen LogP contribution in [-0.2, 0) is 9.53 Å². The maximum atomic E-state index is 13.4. The fraction of sp³-hybridized carbons (Fsp3) is 0.480. The van der Waals surface area contributed by atoms with E-state index in [1.54, 1.807) is 31.7 Å². The molecule has 0 spiro atoms. The minimum absolute atomic E-state index is 0.00926. The number of nitrogens with zero attached hydrogens (tertiary/aromatic N) is 2. The Bertz CT molecular complexity index is 1010. The van der Waals surface area contributed by atoms with Crippen LogP contribution in [0.3, 0.4) is 0 Å². The minimum Gasteiger partial charge on any atom is -0.444 e. The highest BCUT2D eigenvalue weighted by Gasteiger charge is 2.26. The van der Waals surface area contributed by atoms with E-state index in [1.807, 2.05) is 37.3 Å². The first-order valence-corrected chi connectivity index (χ1v) is 11.5. The summed E-state index contributed by atoms with van der Waals surface area (Å²) in [6.45, 7) is 10.7. The van der Waals surface area contributed by atoms with Gasteiger partial charge in [-0.05, 0) is 50.1 Å². The molecule has 1 saturated heterocycles. The fourth-order valence-electron chi connectivity index (χ4n) is 3.74. The predicted molar refractivity (Wildman–Crippen MR) is 129 cm³/mol. The van der Waals surface area contributed by atoms with E-state index in [-0.39, 0.29) is 11.8 Å². The molecule has 0 aromatic heterocycles. The molecule has 33 heavy (non-hydrogen) atoms. The Morgan fingerprint density at radius 3 is 2.24 bits per heavy atom. The fourth-order valence-corrected chi connectivity index (χ4v) is 3.74. The molecule has 2 N–H and O–H groups in total. The lowest BCUT2D eigenvalue weighted by Gasteiger charge is -2.34. The summed E-state index contributed by atoms with van der Waals surface area (Å²) in [6.07, 6.45) is 0.300. The van der Waals surface area contributed by atoms with Crippen LogP contribution < -0.4 is 10.6 Å². The minimum atomic E-state index is -0.648. The van der Waals surface area contributed by atoms with E-state index in [4.69, 9.17) is 4.74 Å². The van der Waals surface area contributed by atoms with E-state index in [9.17, 15) is 14.4 Å². The number of anilines is 1. The van der Waals surface area contributed by atoms with Gasteiger partial charge in [0.05, 0.1) is 17.8 Å². The van der Waals surface area contributed by atoms with Gasteiger partial charge >= 0.3 is 6.09 Å². The van der Waals surface area contributed by atoms with Crippen LogP contribution in [-0.4, -0.2) is 72.6 Å². The first-order valence-electron chi connectivity index (χ1n) is 11.5. The molecule has 3 rings (SSSR count). The molecule has 0 atom stereocenters. The lowest BCUT2D eigenvalue weighted by atomic mass is 10.0. The molecular formula is C25H34N4O4. The van der Waals surface area contributed by atoms with Crippen LogP contribution in [0.25, 0.3) is 10.8 Å². The molecule has 3 amide bonds. The molecule has 2 aromatic carbocycles. The van der Waals surface area contributed by atoms with Crippen molar-refractivity contribution in [2.75, 3.05) is 44.6 Å². The average molecular weight is 455 g/mol. The van der Waals surface area contributed by atoms with Crippen LogP contribution in [0.2, 0.25) is 0 Å². The zero-order valence-corrected chi connectivity index (χ0v) is 19.9. The van der Waals surface area contributed by atoms with Gasteiger partial charge in [-0.15, -0.1) is 0 Å². The summed E-state index contributed by atoms with van der Waals surface area (Å²) in [6, 6.07) is 11.3. The number of carbonyl (C=O) groups is 3. The summed E-state index contributed by atoms with van der Waals surface area (Å²) in [5.41, 5.74) is 0.202. The van der Waals surface area contributed by atoms with Gasteiger partial charge in [0.1, 0.15) is 5.60 Å². The zero-order valence-electron chi connectivity index (χ0n) is 19.9. The van der Waals surface area contributed by atoms with E-state index < -0.39 is 11.7 Å². The maximum absolute atomic E-state index is 13.4.